The predicted octanol–water partition coefficient (Wildman–Crippen LogP) is 5.16. The van der Waals surface area contributed by atoms with E-state index in [9.17, 15) is 14.4 Å². The molecular formula is C34H37FN6O2. The van der Waals surface area contributed by atoms with E-state index in [0.717, 1.165) is 42.3 Å². The van der Waals surface area contributed by atoms with Crippen molar-refractivity contribution in [1.82, 2.24) is 19.8 Å². The highest BCUT2D eigenvalue weighted by Gasteiger charge is 2.49. The van der Waals surface area contributed by atoms with Crippen LogP contribution < -0.4 is 9.64 Å². The molecule has 1 saturated carbocycles. The number of aryl methyl sites for hydroxylation is 1. The SMILES string of the molecule is C=C(F)C(=O)N1CCN(c2nc(OC[C@@H]3CCCN3C)nc3cc(-c4cccc5c4C4(CC5)CC4)ccc23)C[C@@H]1CC#N. The first-order valence-electron chi connectivity index (χ1n) is 15.4. The summed E-state index contributed by atoms with van der Waals surface area (Å²) in [5.74, 6) is -1.06. The van der Waals surface area contributed by atoms with Gasteiger partial charge in [-0.15, -0.1) is 0 Å². The van der Waals surface area contributed by atoms with E-state index < -0.39 is 17.8 Å². The average molecular weight is 581 g/mol. The van der Waals surface area contributed by atoms with Gasteiger partial charge in [0.15, 0.2) is 5.83 Å². The summed E-state index contributed by atoms with van der Waals surface area (Å²) in [7, 11) is 2.12. The van der Waals surface area contributed by atoms with E-state index in [1.54, 1.807) is 0 Å². The smallest absolute Gasteiger partial charge is 0.319 e. The van der Waals surface area contributed by atoms with Gasteiger partial charge in [0.05, 0.1) is 24.0 Å². The van der Waals surface area contributed by atoms with Crippen molar-refractivity contribution in [3.05, 3.63) is 59.9 Å². The van der Waals surface area contributed by atoms with Crippen LogP contribution in [-0.4, -0.2) is 77.6 Å². The first-order valence-corrected chi connectivity index (χ1v) is 15.4. The van der Waals surface area contributed by atoms with E-state index in [0.29, 0.717) is 43.0 Å². The second-order valence-corrected chi connectivity index (χ2v) is 12.6. The van der Waals surface area contributed by atoms with Gasteiger partial charge in [-0.05, 0) is 91.9 Å². The van der Waals surface area contributed by atoms with Gasteiger partial charge >= 0.3 is 6.01 Å². The molecule has 3 heterocycles. The van der Waals surface area contributed by atoms with Gasteiger partial charge < -0.3 is 19.4 Å². The highest BCUT2D eigenvalue weighted by Crippen LogP contribution is 2.59. The molecule has 0 N–H and O–H groups in total. The lowest BCUT2D eigenvalue weighted by atomic mass is 9.89. The lowest BCUT2D eigenvalue weighted by Gasteiger charge is -2.41. The molecule has 2 atom stereocenters. The van der Waals surface area contributed by atoms with E-state index in [4.69, 9.17) is 14.7 Å². The second-order valence-electron chi connectivity index (χ2n) is 12.6. The summed E-state index contributed by atoms with van der Waals surface area (Å²) in [6, 6.07) is 15.4. The number of hydrogen-bond donors (Lipinski definition) is 0. The number of fused-ring (bicyclic) bond motifs is 3. The van der Waals surface area contributed by atoms with E-state index in [1.165, 1.54) is 40.9 Å². The van der Waals surface area contributed by atoms with Crippen molar-refractivity contribution in [2.24, 2.45) is 0 Å². The molecule has 3 aromatic rings. The van der Waals surface area contributed by atoms with Crippen LogP contribution in [0.2, 0.25) is 0 Å². The molecule has 9 heteroatoms. The molecule has 8 nitrogen and oxygen atoms in total. The Kier molecular flexibility index (Phi) is 7.05. The summed E-state index contributed by atoms with van der Waals surface area (Å²) in [5.41, 5.74) is 6.55. The topological polar surface area (TPSA) is 85.6 Å². The van der Waals surface area contributed by atoms with Crippen LogP contribution in [-0.2, 0) is 16.6 Å². The maximum absolute atomic E-state index is 13.8. The normalized spacial score (nSPS) is 22.5. The van der Waals surface area contributed by atoms with Crippen molar-refractivity contribution >= 4 is 22.6 Å². The van der Waals surface area contributed by atoms with Crippen molar-refractivity contribution in [3.63, 3.8) is 0 Å². The predicted molar refractivity (Wildman–Crippen MR) is 164 cm³/mol. The number of likely N-dealkylation sites (tertiary alicyclic amines) is 1. The number of nitrogens with zero attached hydrogens (tertiary/aromatic N) is 6. The number of aromatic nitrogens is 2. The summed E-state index contributed by atoms with van der Waals surface area (Å²) < 4.78 is 20.1. The van der Waals surface area contributed by atoms with E-state index in [2.05, 4.69) is 65.9 Å². The van der Waals surface area contributed by atoms with Gasteiger partial charge in [0.25, 0.3) is 5.91 Å². The molecule has 0 radical (unpaired) electrons. The molecule has 43 heavy (non-hydrogen) atoms. The highest BCUT2D eigenvalue weighted by molar-refractivity contribution is 5.94. The number of rotatable bonds is 7. The first kappa shape index (κ1) is 27.8. The van der Waals surface area contributed by atoms with Crippen molar-refractivity contribution in [3.8, 4) is 23.2 Å². The Morgan fingerprint density at radius 3 is 2.77 bits per heavy atom. The van der Waals surface area contributed by atoms with Crippen LogP contribution in [0.25, 0.3) is 22.0 Å². The molecule has 2 aliphatic carbocycles. The Labute approximate surface area is 251 Å². The maximum atomic E-state index is 13.8. The third-order valence-electron chi connectivity index (χ3n) is 10.1. The number of halogens is 1. The number of amides is 1. The standard InChI is InChI=1S/C34H37FN6O2/c1-22(35)32(42)41-18-17-40(20-25(41)11-15-36)31-28-9-8-24(27-7-3-5-23-10-12-34(13-14-34)30(23)27)19-29(28)37-33(38-31)43-21-26-6-4-16-39(26)2/h3,5,7-9,19,25-26H,1,4,6,10-14,16-18,20-21H2,2H3/t25-,26-/m0/s1. The molecule has 4 aliphatic rings. The number of nitriles is 1. The van der Waals surface area contributed by atoms with E-state index in [-0.39, 0.29) is 13.0 Å². The van der Waals surface area contributed by atoms with Crippen LogP contribution in [0.4, 0.5) is 10.2 Å². The molecule has 2 saturated heterocycles. The highest BCUT2D eigenvalue weighted by atomic mass is 19.1. The monoisotopic (exact) mass is 580 g/mol. The summed E-state index contributed by atoms with van der Waals surface area (Å²) in [6.45, 7) is 5.80. The van der Waals surface area contributed by atoms with Crippen LogP contribution in [0.1, 0.15) is 49.7 Å². The fourth-order valence-electron chi connectivity index (χ4n) is 7.50. The summed E-state index contributed by atoms with van der Waals surface area (Å²) in [4.78, 5) is 28.1. The molecule has 1 amide bonds. The Morgan fingerprint density at radius 2 is 2.02 bits per heavy atom. The molecule has 0 bridgehead atoms. The Balaban J connectivity index is 1.27. The second kappa shape index (κ2) is 10.9. The van der Waals surface area contributed by atoms with Gasteiger partial charge in [-0.1, -0.05) is 30.8 Å². The van der Waals surface area contributed by atoms with Crippen LogP contribution in [0.15, 0.2) is 48.8 Å². The van der Waals surface area contributed by atoms with Crippen molar-refractivity contribution in [1.29, 1.82) is 5.26 Å². The largest absolute Gasteiger partial charge is 0.462 e. The van der Waals surface area contributed by atoms with Gasteiger partial charge in [-0.3, -0.25) is 4.79 Å². The Bertz CT molecular complexity index is 1650. The van der Waals surface area contributed by atoms with Crippen LogP contribution in [0.5, 0.6) is 6.01 Å². The Hall–Kier alpha value is -4.03. The fraction of sp³-hybridized carbons (Fsp3) is 0.471. The number of carbonyl (C=O) groups excluding carboxylic acids is 1. The van der Waals surface area contributed by atoms with Gasteiger partial charge in [-0.25, -0.2) is 4.39 Å². The Morgan fingerprint density at radius 1 is 1.16 bits per heavy atom. The minimum atomic E-state index is -1.01. The zero-order valence-corrected chi connectivity index (χ0v) is 24.7. The third-order valence-corrected chi connectivity index (χ3v) is 10.1. The lowest BCUT2D eigenvalue weighted by Crippen LogP contribution is -2.55. The van der Waals surface area contributed by atoms with Gasteiger partial charge in [-0.2, -0.15) is 15.2 Å². The molecule has 7 rings (SSSR count). The zero-order valence-electron chi connectivity index (χ0n) is 24.7. The lowest BCUT2D eigenvalue weighted by molar-refractivity contribution is -0.131. The molecule has 1 aromatic heterocycles. The fourth-order valence-corrected chi connectivity index (χ4v) is 7.50. The van der Waals surface area contributed by atoms with E-state index >= 15 is 0 Å². The zero-order chi connectivity index (χ0) is 29.7. The number of carbonyl (C=O) groups is 1. The molecule has 0 unspecified atom stereocenters. The van der Waals surface area contributed by atoms with Crippen LogP contribution >= 0.6 is 0 Å². The van der Waals surface area contributed by atoms with Crippen molar-refractivity contribution in [2.45, 2.75) is 62.4 Å². The molecule has 222 valence electrons. The molecular weight excluding hydrogens is 543 g/mol. The number of anilines is 1. The van der Waals surface area contributed by atoms with Gasteiger partial charge in [0, 0.05) is 31.1 Å². The maximum Gasteiger partial charge on any atom is 0.319 e. The molecule has 3 fully saturated rings. The number of ether oxygens (including phenoxy) is 1. The first-order chi connectivity index (χ1) is 20.9. The number of benzene rings is 2. The minimum absolute atomic E-state index is 0.0842. The summed E-state index contributed by atoms with van der Waals surface area (Å²) in [6.07, 6.45) is 7.21. The van der Waals surface area contributed by atoms with Gasteiger partial charge in [0.1, 0.15) is 12.4 Å². The van der Waals surface area contributed by atoms with E-state index in [1.807, 2.05) is 0 Å². The van der Waals surface area contributed by atoms with Crippen LogP contribution in [0.3, 0.4) is 0 Å². The molecule has 1 spiro atoms. The van der Waals surface area contributed by atoms with Crippen molar-refractivity contribution < 1.29 is 13.9 Å². The van der Waals surface area contributed by atoms with Gasteiger partial charge in [0.2, 0.25) is 0 Å². The van der Waals surface area contributed by atoms with Crippen molar-refractivity contribution in [2.75, 3.05) is 44.7 Å². The number of piperazine rings is 1. The summed E-state index contributed by atoms with van der Waals surface area (Å²) in [5, 5.41) is 10.4. The molecule has 2 aromatic carbocycles. The minimum Gasteiger partial charge on any atom is -0.462 e. The number of likely N-dealkylation sites (N-methyl/N-ethyl adjacent to an activating group) is 1. The summed E-state index contributed by atoms with van der Waals surface area (Å²) >= 11 is 0. The quantitative estimate of drug-likeness (QED) is 0.357. The molecule has 2 aliphatic heterocycles. The third kappa shape index (κ3) is 5.02. The average Bonchev–Trinajstić information content (AvgIpc) is 3.54. The van der Waals surface area contributed by atoms with Crippen LogP contribution in [0, 0.1) is 11.3 Å². The number of hydrogen-bond acceptors (Lipinski definition) is 7.